The van der Waals surface area contributed by atoms with Gasteiger partial charge in [-0.2, -0.15) is 0 Å². The summed E-state index contributed by atoms with van der Waals surface area (Å²) in [5, 5.41) is 0.783. The van der Waals surface area contributed by atoms with Gasteiger partial charge < -0.3 is 4.74 Å². The Balaban J connectivity index is 1.63. The number of halogens is 1. The van der Waals surface area contributed by atoms with Crippen LogP contribution in [0.2, 0.25) is 5.02 Å². The van der Waals surface area contributed by atoms with Gasteiger partial charge in [0.1, 0.15) is 11.5 Å². The van der Waals surface area contributed by atoms with Crippen LogP contribution in [0.4, 0.5) is 0 Å². The van der Waals surface area contributed by atoms with Gasteiger partial charge in [-0.15, -0.1) is 0 Å². The van der Waals surface area contributed by atoms with E-state index in [9.17, 15) is 0 Å². The number of hydrogen-bond donors (Lipinski definition) is 0. The molecule has 0 atom stereocenters. The monoisotopic (exact) mass is 448 g/mol. The second kappa shape index (κ2) is 7.23. The molecule has 162 valence electrons. The quantitative estimate of drug-likeness (QED) is 0.244. The highest BCUT2D eigenvalue weighted by atomic mass is 35.5. The molecule has 1 nitrogen and oxygen atoms in total. The van der Waals surface area contributed by atoms with Gasteiger partial charge in [-0.25, -0.2) is 0 Å². The van der Waals surface area contributed by atoms with E-state index in [-0.39, 0.29) is 0 Å². The van der Waals surface area contributed by atoms with Crippen LogP contribution >= 0.6 is 11.6 Å². The molecule has 1 spiro atoms. The van der Waals surface area contributed by atoms with Crippen LogP contribution in [0.1, 0.15) is 65.8 Å². The molecule has 0 amide bonds. The average molecular weight is 449 g/mol. The van der Waals surface area contributed by atoms with Crippen LogP contribution in [0.5, 0.6) is 11.5 Å². The highest BCUT2D eigenvalue weighted by molar-refractivity contribution is 6.32. The van der Waals surface area contributed by atoms with E-state index in [4.69, 9.17) is 16.3 Å². The second-order valence-electron chi connectivity index (χ2n) is 9.62. The number of benzene rings is 4. The van der Waals surface area contributed by atoms with Gasteiger partial charge in [0.2, 0.25) is 0 Å². The molecule has 4 aromatic carbocycles. The van der Waals surface area contributed by atoms with Crippen molar-refractivity contribution in [3.05, 3.63) is 118 Å². The van der Waals surface area contributed by atoms with Crippen LogP contribution < -0.4 is 4.74 Å². The number of fused-ring (bicyclic) bond motifs is 9. The Kier molecular flexibility index (Phi) is 4.26. The minimum Gasteiger partial charge on any atom is -0.456 e. The zero-order valence-corrected chi connectivity index (χ0v) is 19.2. The first-order valence-electron chi connectivity index (χ1n) is 12.1. The third-order valence-electron chi connectivity index (χ3n) is 8.01. The van der Waals surface area contributed by atoms with Crippen LogP contribution in [0.15, 0.2) is 84.9 Å². The van der Waals surface area contributed by atoms with Gasteiger partial charge in [-0.05, 0) is 58.7 Å². The smallest absolute Gasteiger partial charge is 0.137 e. The summed E-state index contributed by atoms with van der Waals surface area (Å²) in [6.45, 7) is 0. The molecule has 0 radical (unpaired) electrons. The molecule has 0 N–H and O–H groups in total. The molecule has 33 heavy (non-hydrogen) atoms. The maximum atomic E-state index is 7.14. The summed E-state index contributed by atoms with van der Waals surface area (Å²) in [4.78, 5) is 0. The Morgan fingerprint density at radius 1 is 0.667 bits per heavy atom. The van der Waals surface area contributed by atoms with E-state index in [0.29, 0.717) is 5.92 Å². The summed E-state index contributed by atoms with van der Waals surface area (Å²) in [5.41, 5.74) is 8.31. The molecule has 1 aliphatic heterocycles. The van der Waals surface area contributed by atoms with Gasteiger partial charge in [0.05, 0.1) is 5.41 Å². The molecule has 0 aromatic heterocycles. The van der Waals surface area contributed by atoms with E-state index in [1.165, 1.54) is 65.5 Å². The molecule has 3 aliphatic rings. The molecule has 4 aromatic rings. The molecule has 1 heterocycles. The summed E-state index contributed by atoms with van der Waals surface area (Å²) in [7, 11) is 0. The number of ether oxygens (including phenoxy) is 1. The van der Waals surface area contributed by atoms with Crippen molar-refractivity contribution < 1.29 is 4.74 Å². The van der Waals surface area contributed by atoms with Crippen LogP contribution in [-0.4, -0.2) is 0 Å². The molecular weight excluding hydrogens is 424 g/mol. The largest absolute Gasteiger partial charge is 0.456 e. The third kappa shape index (κ3) is 2.55. The average Bonchev–Trinajstić information content (AvgIpc) is 3.16. The predicted molar refractivity (Wildman–Crippen MR) is 135 cm³/mol. The van der Waals surface area contributed by atoms with Gasteiger partial charge in [0, 0.05) is 16.1 Å². The number of rotatable bonds is 1. The summed E-state index contributed by atoms with van der Waals surface area (Å²) < 4.78 is 6.77. The van der Waals surface area contributed by atoms with E-state index in [1.807, 2.05) is 0 Å². The van der Waals surface area contributed by atoms with Crippen LogP contribution in [0, 0.1) is 0 Å². The lowest BCUT2D eigenvalue weighted by atomic mass is 9.65. The van der Waals surface area contributed by atoms with E-state index in [2.05, 4.69) is 84.9 Å². The zero-order chi connectivity index (χ0) is 22.0. The highest BCUT2D eigenvalue weighted by Gasteiger charge is 2.52. The molecule has 2 heteroatoms. The Morgan fingerprint density at radius 2 is 1.27 bits per heavy atom. The fourth-order valence-corrected chi connectivity index (χ4v) is 6.96. The lowest BCUT2D eigenvalue weighted by Crippen LogP contribution is -2.33. The Hall–Kier alpha value is -3.03. The van der Waals surface area contributed by atoms with Gasteiger partial charge in [0.25, 0.3) is 0 Å². The Bertz CT molecular complexity index is 1350. The van der Waals surface area contributed by atoms with Crippen molar-refractivity contribution in [3.8, 4) is 22.6 Å². The van der Waals surface area contributed by atoms with E-state index in [1.54, 1.807) is 0 Å². The summed E-state index contributed by atoms with van der Waals surface area (Å²) in [6, 6.07) is 30.5. The van der Waals surface area contributed by atoms with Crippen molar-refractivity contribution in [1.29, 1.82) is 0 Å². The van der Waals surface area contributed by atoms with Crippen molar-refractivity contribution in [3.63, 3.8) is 0 Å². The lowest BCUT2D eigenvalue weighted by molar-refractivity contribution is 0.400. The molecule has 7 rings (SSSR count). The molecule has 1 fully saturated rings. The number of hydrogen-bond acceptors (Lipinski definition) is 1. The van der Waals surface area contributed by atoms with E-state index >= 15 is 0 Å². The first-order valence-corrected chi connectivity index (χ1v) is 12.5. The first kappa shape index (κ1) is 19.4. The SMILES string of the molecule is Clc1ccc(C2CCCCC2)c2c1C1(c3ccccc3O2)c2ccccc2-c2ccccc21. The summed E-state index contributed by atoms with van der Waals surface area (Å²) in [5.74, 6) is 2.45. The normalized spacial score (nSPS) is 17.6. The van der Waals surface area contributed by atoms with Crippen LogP contribution in [-0.2, 0) is 5.41 Å². The fourth-order valence-electron chi connectivity index (χ4n) is 6.67. The van der Waals surface area contributed by atoms with Crippen molar-refractivity contribution in [2.75, 3.05) is 0 Å². The zero-order valence-electron chi connectivity index (χ0n) is 18.5. The minimum absolute atomic E-state index is 0.473. The van der Waals surface area contributed by atoms with Gasteiger partial charge >= 0.3 is 0 Å². The molecular formula is C31H25ClO. The third-order valence-corrected chi connectivity index (χ3v) is 8.33. The molecule has 0 bridgehead atoms. The Morgan fingerprint density at radius 3 is 1.97 bits per heavy atom. The van der Waals surface area contributed by atoms with Crippen LogP contribution in [0.25, 0.3) is 11.1 Å². The topological polar surface area (TPSA) is 9.23 Å². The van der Waals surface area contributed by atoms with Crippen molar-refractivity contribution in [2.24, 2.45) is 0 Å². The molecule has 2 aliphatic carbocycles. The predicted octanol–water partition coefficient (Wildman–Crippen LogP) is 8.86. The van der Waals surface area contributed by atoms with Crippen LogP contribution in [0.3, 0.4) is 0 Å². The Labute approximate surface area is 200 Å². The first-order chi connectivity index (χ1) is 16.3. The van der Waals surface area contributed by atoms with Gasteiger partial charge in [-0.1, -0.05) is 104 Å². The van der Waals surface area contributed by atoms with Crippen molar-refractivity contribution in [1.82, 2.24) is 0 Å². The van der Waals surface area contributed by atoms with Crippen molar-refractivity contribution in [2.45, 2.75) is 43.4 Å². The minimum atomic E-state index is -0.473. The summed E-state index contributed by atoms with van der Waals surface area (Å²) >= 11 is 7.14. The molecule has 0 saturated heterocycles. The maximum absolute atomic E-state index is 7.14. The maximum Gasteiger partial charge on any atom is 0.137 e. The standard InChI is InChI=1S/C31H25ClO/c32-27-19-18-21(20-10-2-1-3-11-20)30-29(27)31(26-16-8-9-17-28(26)33-30)24-14-6-4-12-22(24)23-13-5-7-15-25(23)31/h4-9,12-20H,1-3,10-11H2. The van der Waals surface area contributed by atoms with E-state index < -0.39 is 5.41 Å². The van der Waals surface area contributed by atoms with Gasteiger partial charge in [0.15, 0.2) is 0 Å². The second-order valence-corrected chi connectivity index (χ2v) is 10.0. The number of para-hydroxylation sites is 1. The lowest BCUT2D eigenvalue weighted by Gasteiger charge is -2.41. The van der Waals surface area contributed by atoms with E-state index in [0.717, 1.165) is 22.1 Å². The fraction of sp³-hybridized carbons (Fsp3) is 0.226. The molecule has 0 unspecified atom stereocenters. The van der Waals surface area contributed by atoms with Gasteiger partial charge in [-0.3, -0.25) is 0 Å². The van der Waals surface area contributed by atoms with Crippen molar-refractivity contribution >= 4 is 11.6 Å². The highest BCUT2D eigenvalue weighted by Crippen LogP contribution is 2.64. The summed E-state index contributed by atoms with van der Waals surface area (Å²) in [6.07, 6.45) is 6.35. The molecule has 1 saturated carbocycles.